The standard InChI is InChI=1S/C22H18O/c1-15-18-11-6-7-12-19(18)16(2)22-20(15)13-8-14-21(22)23-17-9-4-3-5-10-17/h3-14H,1-2H3. The zero-order chi connectivity index (χ0) is 15.8. The molecular formula is C22H18O. The molecule has 0 heterocycles. The molecule has 0 saturated heterocycles. The molecule has 0 saturated carbocycles. The molecule has 0 amide bonds. The van der Waals surface area contributed by atoms with Crippen LogP contribution in [0.4, 0.5) is 0 Å². The highest BCUT2D eigenvalue weighted by atomic mass is 16.5. The minimum absolute atomic E-state index is 0.866. The molecule has 0 N–H and O–H groups in total. The molecule has 4 rings (SSSR count). The van der Waals surface area contributed by atoms with Crippen molar-refractivity contribution in [3.8, 4) is 11.5 Å². The topological polar surface area (TPSA) is 9.23 Å². The Hall–Kier alpha value is -2.80. The molecule has 1 nitrogen and oxygen atoms in total. The van der Waals surface area contributed by atoms with E-state index >= 15 is 0 Å². The molecule has 112 valence electrons. The maximum Gasteiger partial charge on any atom is 0.135 e. The third-order valence-electron chi connectivity index (χ3n) is 4.51. The Morgan fingerprint density at radius 1 is 0.565 bits per heavy atom. The minimum atomic E-state index is 0.866. The van der Waals surface area contributed by atoms with Crippen molar-refractivity contribution in [2.75, 3.05) is 0 Å². The van der Waals surface area contributed by atoms with Crippen LogP contribution < -0.4 is 4.74 Å². The predicted octanol–water partition coefficient (Wildman–Crippen LogP) is 6.40. The van der Waals surface area contributed by atoms with Crippen molar-refractivity contribution in [2.24, 2.45) is 0 Å². The van der Waals surface area contributed by atoms with Gasteiger partial charge in [-0.05, 0) is 59.3 Å². The van der Waals surface area contributed by atoms with E-state index in [1.807, 2.05) is 30.3 Å². The molecule has 1 heteroatoms. The molecule has 4 aromatic rings. The van der Waals surface area contributed by atoms with Gasteiger partial charge in [0.25, 0.3) is 0 Å². The Morgan fingerprint density at radius 3 is 1.91 bits per heavy atom. The zero-order valence-electron chi connectivity index (χ0n) is 13.3. The highest BCUT2D eigenvalue weighted by Gasteiger charge is 2.12. The molecule has 0 fully saturated rings. The molecule has 0 aliphatic carbocycles. The minimum Gasteiger partial charge on any atom is -0.457 e. The number of para-hydroxylation sites is 1. The summed E-state index contributed by atoms with van der Waals surface area (Å²) in [4.78, 5) is 0. The molecule has 0 spiro atoms. The van der Waals surface area contributed by atoms with Crippen LogP contribution in [-0.4, -0.2) is 0 Å². The van der Waals surface area contributed by atoms with Crippen molar-refractivity contribution in [1.29, 1.82) is 0 Å². The fourth-order valence-electron chi connectivity index (χ4n) is 3.35. The smallest absolute Gasteiger partial charge is 0.135 e. The Balaban J connectivity index is 2.03. The third-order valence-corrected chi connectivity index (χ3v) is 4.51. The van der Waals surface area contributed by atoms with E-state index < -0.39 is 0 Å². The molecule has 0 radical (unpaired) electrons. The van der Waals surface area contributed by atoms with Gasteiger partial charge in [0, 0.05) is 5.39 Å². The van der Waals surface area contributed by atoms with Crippen LogP contribution >= 0.6 is 0 Å². The second-order valence-electron chi connectivity index (χ2n) is 5.89. The summed E-state index contributed by atoms with van der Waals surface area (Å²) in [5.74, 6) is 1.78. The van der Waals surface area contributed by atoms with Crippen LogP contribution in [0, 0.1) is 13.8 Å². The van der Waals surface area contributed by atoms with Gasteiger partial charge >= 0.3 is 0 Å². The van der Waals surface area contributed by atoms with Crippen molar-refractivity contribution in [3.63, 3.8) is 0 Å². The summed E-state index contributed by atoms with van der Waals surface area (Å²) in [5.41, 5.74) is 2.58. The van der Waals surface area contributed by atoms with Crippen LogP contribution in [0.15, 0.2) is 72.8 Å². The monoisotopic (exact) mass is 298 g/mol. The number of rotatable bonds is 2. The van der Waals surface area contributed by atoms with Gasteiger partial charge in [-0.3, -0.25) is 0 Å². The Labute approximate surface area is 136 Å². The molecule has 0 bridgehead atoms. The van der Waals surface area contributed by atoms with Gasteiger partial charge < -0.3 is 4.74 Å². The second kappa shape index (κ2) is 5.44. The van der Waals surface area contributed by atoms with E-state index in [9.17, 15) is 0 Å². The zero-order valence-corrected chi connectivity index (χ0v) is 13.3. The first-order chi connectivity index (χ1) is 11.3. The first-order valence-corrected chi connectivity index (χ1v) is 7.89. The molecule has 0 atom stereocenters. The van der Waals surface area contributed by atoms with Crippen LogP contribution in [0.1, 0.15) is 11.1 Å². The van der Waals surface area contributed by atoms with Crippen molar-refractivity contribution in [2.45, 2.75) is 13.8 Å². The number of hydrogen-bond acceptors (Lipinski definition) is 1. The predicted molar refractivity (Wildman–Crippen MR) is 97.4 cm³/mol. The fourth-order valence-corrected chi connectivity index (χ4v) is 3.35. The summed E-state index contributed by atoms with van der Waals surface area (Å²) in [6.07, 6.45) is 0. The number of fused-ring (bicyclic) bond motifs is 2. The molecule has 0 aliphatic rings. The molecule has 23 heavy (non-hydrogen) atoms. The summed E-state index contributed by atoms with van der Waals surface area (Å²) in [6.45, 7) is 4.37. The highest BCUT2D eigenvalue weighted by Crippen LogP contribution is 2.38. The Kier molecular flexibility index (Phi) is 3.27. The lowest BCUT2D eigenvalue weighted by Gasteiger charge is -2.15. The quantitative estimate of drug-likeness (QED) is 0.389. The van der Waals surface area contributed by atoms with Crippen LogP contribution in [0.3, 0.4) is 0 Å². The number of hydrogen-bond donors (Lipinski definition) is 0. The summed E-state index contributed by atoms with van der Waals surface area (Å²) < 4.78 is 6.18. The summed E-state index contributed by atoms with van der Waals surface area (Å²) in [7, 11) is 0. The van der Waals surface area contributed by atoms with E-state index in [1.165, 1.54) is 32.7 Å². The lowest BCUT2D eigenvalue weighted by Crippen LogP contribution is -1.92. The van der Waals surface area contributed by atoms with E-state index in [-0.39, 0.29) is 0 Å². The van der Waals surface area contributed by atoms with Crippen molar-refractivity contribution < 1.29 is 4.74 Å². The Bertz CT molecular complexity index is 1000. The average Bonchev–Trinajstić information content (AvgIpc) is 2.60. The van der Waals surface area contributed by atoms with E-state index in [0.29, 0.717) is 0 Å². The first kappa shape index (κ1) is 13.8. The van der Waals surface area contributed by atoms with Gasteiger partial charge in [-0.1, -0.05) is 54.6 Å². The molecule has 0 aromatic heterocycles. The fraction of sp³-hybridized carbons (Fsp3) is 0.0909. The van der Waals surface area contributed by atoms with Crippen LogP contribution in [0.5, 0.6) is 11.5 Å². The van der Waals surface area contributed by atoms with Gasteiger partial charge in [0.15, 0.2) is 0 Å². The van der Waals surface area contributed by atoms with Gasteiger partial charge in [0.05, 0.1) is 0 Å². The second-order valence-corrected chi connectivity index (χ2v) is 5.89. The largest absolute Gasteiger partial charge is 0.457 e. The summed E-state index contributed by atoms with van der Waals surface area (Å²) in [6, 6.07) is 24.9. The maximum atomic E-state index is 6.18. The van der Waals surface area contributed by atoms with Crippen molar-refractivity contribution in [1.82, 2.24) is 0 Å². The molecule has 4 aromatic carbocycles. The van der Waals surface area contributed by atoms with Gasteiger partial charge in [-0.2, -0.15) is 0 Å². The van der Waals surface area contributed by atoms with Gasteiger partial charge in [0.1, 0.15) is 11.5 Å². The first-order valence-electron chi connectivity index (χ1n) is 7.89. The van der Waals surface area contributed by atoms with Gasteiger partial charge in [0.2, 0.25) is 0 Å². The van der Waals surface area contributed by atoms with Gasteiger partial charge in [-0.15, -0.1) is 0 Å². The van der Waals surface area contributed by atoms with Crippen LogP contribution in [0.2, 0.25) is 0 Å². The number of benzene rings is 4. The summed E-state index contributed by atoms with van der Waals surface area (Å²) >= 11 is 0. The molecule has 0 aliphatic heterocycles. The van der Waals surface area contributed by atoms with Crippen LogP contribution in [-0.2, 0) is 0 Å². The molecule has 0 unspecified atom stereocenters. The normalized spacial score (nSPS) is 11.0. The van der Waals surface area contributed by atoms with E-state index in [1.54, 1.807) is 0 Å². The van der Waals surface area contributed by atoms with Gasteiger partial charge in [-0.25, -0.2) is 0 Å². The van der Waals surface area contributed by atoms with Crippen molar-refractivity contribution in [3.05, 3.63) is 83.9 Å². The third kappa shape index (κ3) is 2.25. The maximum absolute atomic E-state index is 6.18. The highest BCUT2D eigenvalue weighted by molar-refractivity contribution is 6.07. The van der Waals surface area contributed by atoms with E-state index in [2.05, 4.69) is 56.3 Å². The Morgan fingerprint density at radius 2 is 1.17 bits per heavy atom. The summed E-state index contributed by atoms with van der Waals surface area (Å²) in [5, 5.41) is 5.07. The number of ether oxygens (including phenoxy) is 1. The SMILES string of the molecule is Cc1c2ccccc2c(C)c2c(Oc3ccccc3)cccc12. The number of aryl methyl sites for hydroxylation is 2. The van der Waals surface area contributed by atoms with E-state index in [4.69, 9.17) is 4.74 Å². The molecular weight excluding hydrogens is 280 g/mol. The average molecular weight is 298 g/mol. The van der Waals surface area contributed by atoms with Crippen LogP contribution in [0.25, 0.3) is 21.5 Å². The lowest BCUT2D eigenvalue weighted by molar-refractivity contribution is 0.488. The van der Waals surface area contributed by atoms with E-state index in [0.717, 1.165) is 11.5 Å². The van der Waals surface area contributed by atoms with Crippen molar-refractivity contribution >= 4 is 21.5 Å². The lowest BCUT2D eigenvalue weighted by atomic mass is 9.93.